The maximum atomic E-state index is 10.9. The Morgan fingerprint density at radius 2 is 1.27 bits per heavy atom. The topological polar surface area (TPSA) is 166 Å². The van der Waals surface area contributed by atoms with Gasteiger partial charge in [0, 0.05) is 5.39 Å². The fourth-order valence-corrected chi connectivity index (χ4v) is 2.63. The van der Waals surface area contributed by atoms with Crippen molar-refractivity contribution in [2.24, 2.45) is 0 Å². The van der Waals surface area contributed by atoms with E-state index in [-0.39, 0.29) is 75.4 Å². The van der Waals surface area contributed by atoms with Gasteiger partial charge in [-0.1, -0.05) is 0 Å². The molecule has 0 spiro atoms. The van der Waals surface area contributed by atoms with E-state index in [0.29, 0.717) is 0 Å². The molecular weight excluding hydrogens is 358 g/mol. The number of aromatic hydroxyl groups is 1. The SMILES string of the molecule is O.O=S(=O)([O-])c1ccc2c(O)cc(S(=O)(=O)[O-])cc2c1.[Na+].[Na+]. The summed E-state index contributed by atoms with van der Waals surface area (Å²) in [7, 11) is -9.52. The van der Waals surface area contributed by atoms with E-state index >= 15 is 0 Å². The van der Waals surface area contributed by atoms with E-state index in [9.17, 15) is 31.0 Å². The molecule has 0 amide bonds. The van der Waals surface area contributed by atoms with E-state index in [1.807, 2.05) is 0 Å². The first kappa shape index (κ1) is 24.5. The average Bonchev–Trinajstić information content (AvgIpc) is 2.25. The number of rotatable bonds is 2. The van der Waals surface area contributed by atoms with Crippen LogP contribution in [0.15, 0.2) is 40.1 Å². The Balaban J connectivity index is 0. The second kappa shape index (κ2) is 8.40. The number of hydrogen-bond donors (Lipinski definition) is 1. The Morgan fingerprint density at radius 1 is 0.818 bits per heavy atom. The third-order valence-electron chi connectivity index (χ3n) is 2.45. The van der Waals surface area contributed by atoms with Gasteiger partial charge in [0.05, 0.1) is 9.79 Å². The van der Waals surface area contributed by atoms with Gasteiger partial charge in [0.2, 0.25) is 0 Å². The molecule has 2 aromatic rings. The zero-order valence-corrected chi connectivity index (χ0v) is 17.2. The van der Waals surface area contributed by atoms with Gasteiger partial charge in [-0.3, -0.25) is 0 Å². The van der Waals surface area contributed by atoms with Crippen LogP contribution in [0.25, 0.3) is 10.8 Å². The van der Waals surface area contributed by atoms with Crippen LogP contribution in [0.1, 0.15) is 0 Å². The molecule has 0 radical (unpaired) electrons. The van der Waals surface area contributed by atoms with Gasteiger partial charge in [-0.05, 0) is 35.7 Å². The van der Waals surface area contributed by atoms with Gasteiger partial charge >= 0.3 is 59.1 Å². The summed E-state index contributed by atoms with van der Waals surface area (Å²) in [5, 5.41) is 9.67. The zero-order valence-electron chi connectivity index (χ0n) is 11.6. The normalized spacial score (nSPS) is 11.0. The van der Waals surface area contributed by atoms with E-state index in [0.717, 1.165) is 30.3 Å². The van der Waals surface area contributed by atoms with E-state index in [4.69, 9.17) is 0 Å². The van der Waals surface area contributed by atoms with Gasteiger partial charge in [-0.25, -0.2) is 16.8 Å². The van der Waals surface area contributed by atoms with Crippen LogP contribution in [0.2, 0.25) is 0 Å². The molecule has 110 valence electrons. The van der Waals surface area contributed by atoms with Crippen molar-refractivity contribution in [3.05, 3.63) is 30.3 Å². The Labute approximate surface area is 170 Å². The van der Waals surface area contributed by atoms with Crippen molar-refractivity contribution < 1.29 is 95.6 Å². The molecule has 0 atom stereocenters. The standard InChI is InChI=1S/C10H8O7S2.2Na.H2O/c11-10-5-8(19(15,16)17)4-6-3-7(18(12,13)14)1-2-9(6)10;;;/h1-5,11H,(H,12,13,14)(H,15,16,17);;;1H2/q;2*+1;/p-2. The van der Waals surface area contributed by atoms with E-state index in [1.54, 1.807) is 0 Å². The van der Waals surface area contributed by atoms with Crippen LogP contribution in [-0.2, 0) is 20.2 Å². The van der Waals surface area contributed by atoms with Gasteiger partial charge in [0.15, 0.2) is 0 Å². The molecule has 22 heavy (non-hydrogen) atoms. The summed E-state index contributed by atoms with van der Waals surface area (Å²) < 4.78 is 65.1. The number of phenolic OH excluding ortho intramolecular Hbond substituents is 1. The van der Waals surface area contributed by atoms with Gasteiger partial charge in [0.1, 0.15) is 26.0 Å². The molecule has 8 nitrogen and oxygen atoms in total. The summed E-state index contributed by atoms with van der Waals surface area (Å²) in [6, 6.07) is 4.68. The summed E-state index contributed by atoms with van der Waals surface area (Å²) in [6.07, 6.45) is 0. The second-order valence-electron chi connectivity index (χ2n) is 3.73. The molecule has 0 heterocycles. The smallest absolute Gasteiger partial charge is 0.744 e. The zero-order chi connectivity index (χ0) is 14.4. The first-order valence-corrected chi connectivity index (χ1v) is 7.59. The van der Waals surface area contributed by atoms with Gasteiger partial charge in [-0.15, -0.1) is 0 Å². The van der Waals surface area contributed by atoms with Crippen LogP contribution >= 0.6 is 0 Å². The summed E-state index contributed by atoms with van der Waals surface area (Å²) in [5.74, 6) is -0.498. The van der Waals surface area contributed by atoms with Crippen molar-refractivity contribution in [3.63, 3.8) is 0 Å². The Hall–Kier alpha value is 0.280. The monoisotopic (exact) mass is 366 g/mol. The third-order valence-corrected chi connectivity index (χ3v) is 4.10. The molecule has 0 aliphatic carbocycles. The van der Waals surface area contributed by atoms with Crippen LogP contribution < -0.4 is 59.1 Å². The number of benzene rings is 2. The molecular formula is C10H8Na2O8S2. The molecule has 0 unspecified atom stereocenters. The predicted octanol–water partition coefficient (Wildman–Crippen LogP) is -6.46. The van der Waals surface area contributed by atoms with Crippen LogP contribution in [0.3, 0.4) is 0 Å². The van der Waals surface area contributed by atoms with Gasteiger partial charge in [-0.2, -0.15) is 0 Å². The van der Waals surface area contributed by atoms with Crippen LogP contribution in [0.5, 0.6) is 5.75 Å². The van der Waals surface area contributed by atoms with Crippen LogP contribution in [0, 0.1) is 0 Å². The van der Waals surface area contributed by atoms with Gasteiger partial charge in [0.25, 0.3) is 0 Å². The first-order chi connectivity index (χ1) is 8.59. The Morgan fingerprint density at radius 3 is 1.73 bits per heavy atom. The Bertz CT molecular complexity index is 872. The maximum absolute atomic E-state index is 10.9. The molecule has 0 aromatic heterocycles. The second-order valence-corrected chi connectivity index (χ2v) is 6.49. The molecule has 0 fully saturated rings. The number of fused-ring (bicyclic) bond motifs is 1. The van der Waals surface area contributed by atoms with Crippen molar-refractivity contribution in [2.45, 2.75) is 9.79 Å². The van der Waals surface area contributed by atoms with Crippen LogP contribution in [-0.4, -0.2) is 36.5 Å². The fraction of sp³-hybridized carbons (Fsp3) is 0. The molecule has 0 saturated carbocycles. The molecule has 2 aromatic carbocycles. The summed E-state index contributed by atoms with van der Waals surface area (Å²) in [5.41, 5.74) is 0. The molecule has 0 saturated heterocycles. The fourth-order valence-electron chi connectivity index (χ4n) is 1.60. The summed E-state index contributed by atoms with van der Waals surface area (Å²) in [6.45, 7) is 0. The molecule has 3 N–H and O–H groups in total. The van der Waals surface area contributed by atoms with Crippen molar-refractivity contribution in [1.82, 2.24) is 0 Å². The average molecular weight is 366 g/mol. The van der Waals surface area contributed by atoms with Crippen molar-refractivity contribution >= 4 is 31.0 Å². The molecule has 0 bridgehead atoms. The van der Waals surface area contributed by atoms with E-state index < -0.39 is 35.8 Å². The first-order valence-electron chi connectivity index (χ1n) is 4.77. The number of hydrogen-bond acceptors (Lipinski definition) is 7. The predicted molar refractivity (Wildman–Crippen MR) is 65.2 cm³/mol. The minimum atomic E-state index is -4.80. The quantitative estimate of drug-likeness (QED) is 0.407. The molecule has 12 heteroatoms. The van der Waals surface area contributed by atoms with E-state index in [2.05, 4.69) is 0 Å². The number of phenols is 1. The Kier molecular flexibility index (Phi) is 9.37. The van der Waals surface area contributed by atoms with Crippen LogP contribution in [0.4, 0.5) is 0 Å². The van der Waals surface area contributed by atoms with Gasteiger partial charge < -0.3 is 19.7 Å². The van der Waals surface area contributed by atoms with E-state index in [1.165, 1.54) is 0 Å². The molecule has 0 aliphatic rings. The van der Waals surface area contributed by atoms with Crippen molar-refractivity contribution in [1.29, 1.82) is 0 Å². The minimum Gasteiger partial charge on any atom is -0.744 e. The third kappa shape index (κ3) is 5.42. The maximum Gasteiger partial charge on any atom is 1.00 e. The largest absolute Gasteiger partial charge is 1.00 e. The molecule has 2 rings (SSSR count). The summed E-state index contributed by atoms with van der Waals surface area (Å²) in [4.78, 5) is -1.29. The van der Waals surface area contributed by atoms with Crippen molar-refractivity contribution in [2.75, 3.05) is 0 Å². The minimum absolute atomic E-state index is 0. The molecule has 0 aliphatic heterocycles. The van der Waals surface area contributed by atoms with Crippen molar-refractivity contribution in [3.8, 4) is 5.75 Å². The summed E-state index contributed by atoms with van der Waals surface area (Å²) >= 11 is 0.